The van der Waals surface area contributed by atoms with Crippen LogP contribution in [0.25, 0.3) is 0 Å². The molecule has 2 rings (SSSR count). The molecule has 1 unspecified atom stereocenters. The van der Waals surface area contributed by atoms with Crippen LogP contribution in [0, 0.1) is 5.41 Å². The number of halogens is 6. The minimum atomic E-state index is -4.91. The summed E-state index contributed by atoms with van der Waals surface area (Å²) in [6.45, 7) is 0.630. The zero-order valence-corrected chi connectivity index (χ0v) is 11.7. The summed E-state index contributed by atoms with van der Waals surface area (Å²) >= 11 is 5.47. The standard InChI is InChI=1S/C12H12ClF5N2O/c1-10(3-2-4-11(10,14)15)6-20-9(21)7(12(16,17)18)5-8(13)19-20/h5H,2-4,6H2,1H3. The van der Waals surface area contributed by atoms with E-state index < -0.39 is 40.3 Å². The lowest BCUT2D eigenvalue weighted by Crippen LogP contribution is -2.42. The second-order valence-corrected chi connectivity index (χ2v) is 5.85. The van der Waals surface area contributed by atoms with Gasteiger partial charge in [-0.3, -0.25) is 4.79 Å². The van der Waals surface area contributed by atoms with Gasteiger partial charge in [-0.15, -0.1) is 0 Å². The molecule has 0 bridgehead atoms. The Balaban J connectivity index is 2.47. The van der Waals surface area contributed by atoms with E-state index >= 15 is 0 Å². The molecule has 1 aromatic heterocycles. The lowest BCUT2D eigenvalue weighted by molar-refractivity contribution is -0.139. The summed E-state index contributed by atoms with van der Waals surface area (Å²) in [5, 5.41) is 2.89. The first-order valence-electron chi connectivity index (χ1n) is 6.19. The largest absolute Gasteiger partial charge is 0.421 e. The Hall–Kier alpha value is -1.18. The number of aromatic nitrogens is 2. The SMILES string of the molecule is CC1(Cn2nc(Cl)cc(C(F)(F)F)c2=O)CCCC1(F)F. The first-order chi connectivity index (χ1) is 9.46. The van der Waals surface area contributed by atoms with Crippen LogP contribution in [0.2, 0.25) is 5.15 Å². The van der Waals surface area contributed by atoms with Gasteiger partial charge in [0, 0.05) is 6.42 Å². The molecule has 0 N–H and O–H groups in total. The number of nitrogens with zero attached hydrogens (tertiary/aromatic N) is 2. The van der Waals surface area contributed by atoms with Crippen molar-refractivity contribution in [2.75, 3.05) is 0 Å². The number of alkyl halides is 5. The fraction of sp³-hybridized carbons (Fsp3) is 0.667. The predicted molar refractivity (Wildman–Crippen MR) is 65.4 cm³/mol. The third-order valence-electron chi connectivity index (χ3n) is 3.85. The molecule has 1 aliphatic carbocycles. The van der Waals surface area contributed by atoms with Crippen LogP contribution in [0.15, 0.2) is 10.9 Å². The molecule has 21 heavy (non-hydrogen) atoms. The zero-order valence-electron chi connectivity index (χ0n) is 11.0. The predicted octanol–water partition coefficient (Wildman–Crippen LogP) is 3.74. The lowest BCUT2D eigenvalue weighted by atomic mass is 9.85. The van der Waals surface area contributed by atoms with Gasteiger partial charge in [0.2, 0.25) is 0 Å². The number of rotatable bonds is 2. The van der Waals surface area contributed by atoms with Crippen LogP contribution in [-0.4, -0.2) is 15.7 Å². The van der Waals surface area contributed by atoms with Gasteiger partial charge in [-0.1, -0.05) is 18.5 Å². The minimum Gasteiger partial charge on any atom is -0.267 e. The van der Waals surface area contributed by atoms with Gasteiger partial charge >= 0.3 is 6.18 Å². The number of hydrogen-bond donors (Lipinski definition) is 0. The van der Waals surface area contributed by atoms with Gasteiger partial charge in [-0.2, -0.15) is 18.3 Å². The third-order valence-corrected chi connectivity index (χ3v) is 4.04. The molecule has 0 aliphatic heterocycles. The Morgan fingerprint density at radius 3 is 2.48 bits per heavy atom. The monoisotopic (exact) mass is 330 g/mol. The van der Waals surface area contributed by atoms with Crippen molar-refractivity contribution in [1.29, 1.82) is 0 Å². The van der Waals surface area contributed by atoms with Crippen molar-refractivity contribution in [3.63, 3.8) is 0 Å². The molecule has 0 saturated heterocycles. The normalized spacial score (nSPS) is 25.3. The molecule has 118 valence electrons. The van der Waals surface area contributed by atoms with E-state index in [1.165, 1.54) is 6.92 Å². The molecule has 0 amide bonds. The maximum Gasteiger partial charge on any atom is 0.421 e. The molecular formula is C12H12ClF5N2O. The second kappa shape index (κ2) is 4.93. The van der Waals surface area contributed by atoms with Crippen LogP contribution < -0.4 is 5.56 Å². The van der Waals surface area contributed by atoms with Gasteiger partial charge in [0.05, 0.1) is 12.0 Å². The van der Waals surface area contributed by atoms with Crippen molar-refractivity contribution in [3.05, 3.63) is 27.1 Å². The molecule has 1 aliphatic rings. The van der Waals surface area contributed by atoms with Crippen LogP contribution in [0.5, 0.6) is 0 Å². The molecule has 1 saturated carbocycles. The van der Waals surface area contributed by atoms with Crippen molar-refractivity contribution in [3.8, 4) is 0 Å². The second-order valence-electron chi connectivity index (χ2n) is 5.46. The topological polar surface area (TPSA) is 34.9 Å². The Morgan fingerprint density at radius 2 is 2.00 bits per heavy atom. The summed E-state index contributed by atoms with van der Waals surface area (Å²) in [5.74, 6) is -3.06. The first kappa shape index (κ1) is 16.2. The fourth-order valence-corrected chi connectivity index (χ4v) is 2.73. The summed E-state index contributed by atoms with van der Waals surface area (Å²) in [4.78, 5) is 11.8. The van der Waals surface area contributed by atoms with E-state index in [0.717, 1.165) is 0 Å². The van der Waals surface area contributed by atoms with Crippen LogP contribution in [0.1, 0.15) is 31.7 Å². The van der Waals surface area contributed by atoms with Gasteiger partial charge in [-0.25, -0.2) is 13.5 Å². The molecule has 3 nitrogen and oxygen atoms in total. The molecule has 1 aromatic rings. The van der Waals surface area contributed by atoms with Crippen molar-refractivity contribution in [2.24, 2.45) is 5.41 Å². The molecular weight excluding hydrogens is 319 g/mol. The van der Waals surface area contributed by atoms with Crippen LogP contribution in [-0.2, 0) is 12.7 Å². The summed E-state index contributed by atoms with van der Waals surface area (Å²) in [7, 11) is 0. The zero-order chi connectivity index (χ0) is 16.1. The summed E-state index contributed by atoms with van der Waals surface area (Å²) in [6.07, 6.45) is -4.93. The molecule has 0 spiro atoms. The molecule has 1 atom stereocenters. The van der Waals surface area contributed by atoms with Crippen molar-refractivity contribution < 1.29 is 22.0 Å². The van der Waals surface area contributed by atoms with Gasteiger partial charge in [0.1, 0.15) is 10.7 Å². The Kier molecular flexibility index (Phi) is 3.80. The van der Waals surface area contributed by atoms with Crippen LogP contribution in [0.3, 0.4) is 0 Å². The van der Waals surface area contributed by atoms with Gasteiger partial charge in [0.25, 0.3) is 11.5 Å². The van der Waals surface area contributed by atoms with Crippen LogP contribution >= 0.6 is 11.6 Å². The van der Waals surface area contributed by atoms with E-state index in [9.17, 15) is 26.7 Å². The van der Waals surface area contributed by atoms with E-state index in [4.69, 9.17) is 11.6 Å². The highest BCUT2D eigenvalue weighted by atomic mass is 35.5. The summed E-state index contributed by atoms with van der Waals surface area (Å²) in [6, 6.07) is 0.398. The molecule has 9 heteroatoms. The quantitative estimate of drug-likeness (QED) is 0.774. The molecule has 1 fully saturated rings. The number of hydrogen-bond acceptors (Lipinski definition) is 2. The fourth-order valence-electron chi connectivity index (χ4n) is 2.53. The van der Waals surface area contributed by atoms with Gasteiger partial charge in [0.15, 0.2) is 0 Å². The lowest BCUT2D eigenvalue weighted by Gasteiger charge is -2.31. The van der Waals surface area contributed by atoms with E-state index in [1.807, 2.05) is 0 Å². The maximum absolute atomic E-state index is 13.8. The van der Waals surface area contributed by atoms with Crippen molar-refractivity contribution >= 4 is 11.6 Å². The molecule has 0 aromatic carbocycles. The Labute approximate surface area is 121 Å². The highest BCUT2D eigenvalue weighted by Crippen LogP contribution is 2.50. The minimum absolute atomic E-state index is 0.0992. The Morgan fingerprint density at radius 1 is 1.38 bits per heavy atom. The maximum atomic E-state index is 13.8. The Bertz CT molecular complexity index is 613. The highest BCUT2D eigenvalue weighted by Gasteiger charge is 2.54. The van der Waals surface area contributed by atoms with E-state index in [0.29, 0.717) is 10.7 Å². The van der Waals surface area contributed by atoms with E-state index in [1.54, 1.807) is 0 Å². The van der Waals surface area contributed by atoms with E-state index in [-0.39, 0.29) is 19.3 Å². The van der Waals surface area contributed by atoms with Gasteiger partial charge < -0.3 is 0 Å². The average Bonchev–Trinajstić information content (AvgIpc) is 2.56. The average molecular weight is 331 g/mol. The van der Waals surface area contributed by atoms with Crippen molar-refractivity contribution in [2.45, 2.75) is 44.8 Å². The van der Waals surface area contributed by atoms with Crippen LogP contribution in [0.4, 0.5) is 22.0 Å². The van der Waals surface area contributed by atoms with E-state index in [2.05, 4.69) is 5.10 Å². The molecule has 0 radical (unpaired) electrons. The summed E-state index contributed by atoms with van der Waals surface area (Å²) < 4.78 is 66.3. The smallest absolute Gasteiger partial charge is 0.267 e. The first-order valence-corrected chi connectivity index (χ1v) is 6.57. The molecule has 1 heterocycles. The third kappa shape index (κ3) is 2.90. The van der Waals surface area contributed by atoms with Crippen molar-refractivity contribution in [1.82, 2.24) is 9.78 Å². The summed E-state index contributed by atoms with van der Waals surface area (Å²) in [5.41, 5.74) is -4.58. The van der Waals surface area contributed by atoms with Gasteiger partial charge in [-0.05, 0) is 18.9 Å². The highest BCUT2D eigenvalue weighted by molar-refractivity contribution is 6.29.